The van der Waals surface area contributed by atoms with Crippen LogP contribution in [0.2, 0.25) is 0 Å². The monoisotopic (exact) mass is 219 g/mol. The van der Waals surface area contributed by atoms with Gasteiger partial charge in [-0.05, 0) is 0 Å². The van der Waals surface area contributed by atoms with Crippen LogP contribution in [0.3, 0.4) is 0 Å². The van der Waals surface area contributed by atoms with Gasteiger partial charge in [0.25, 0.3) is 15.9 Å². The maximum absolute atomic E-state index is 10.9. The van der Waals surface area contributed by atoms with Crippen LogP contribution in [0, 0.1) is 0 Å². The Bertz CT molecular complexity index is 431. The fourth-order valence-corrected chi connectivity index (χ4v) is 1.20. The molecule has 0 atom stereocenters. The minimum Gasteiger partial charge on any atom is -0.491 e. The van der Waals surface area contributed by atoms with Gasteiger partial charge in [-0.25, -0.2) is 13.6 Å². The number of rotatable bonds is 3. The van der Waals surface area contributed by atoms with E-state index in [0.717, 1.165) is 6.07 Å². The molecular formula is C6H9N3O4S. The van der Waals surface area contributed by atoms with Gasteiger partial charge in [-0.3, -0.25) is 0 Å². The standard InChI is InChI=1S/C6H9N3O4S/c1-12-4-3-5(14(7,10)11)8-9-6(4)13-2/h3H,1-2H3,(H2,7,10,11). The van der Waals surface area contributed by atoms with Crippen molar-refractivity contribution >= 4 is 10.0 Å². The highest BCUT2D eigenvalue weighted by Crippen LogP contribution is 2.23. The molecule has 0 saturated carbocycles. The summed E-state index contributed by atoms with van der Waals surface area (Å²) in [7, 11) is -1.15. The molecule has 0 unspecified atom stereocenters. The van der Waals surface area contributed by atoms with E-state index in [1.54, 1.807) is 0 Å². The summed E-state index contributed by atoms with van der Waals surface area (Å²) >= 11 is 0. The third-order valence-electron chi connectivity index (χ3n) is 1.41. The predicted octanol–water partition coefficient (Wildman–Crippen LogP) is -0.859. The van der Waals surface area contributed by atoms with Gasteiger partial charge in [0, 0.05) is 6.07 Å². The van der Waals surface area contributed by atoms with E-state index in [-0.39, 0.29) is 16.7 Å². The molecule has 1 aromatic rings. The highest BCUT2D eigenvalue weighted by Gasteiger charge is 2.15. The summed E-state index contributed by atoms with van der Waals surface area (Å²) in [5.74, 6) is 0.256. The van der Waals surface area contributed by atoms with Crippen LogP contribution in [-0.2, 0) is 10.0 Å². The summed E-state index contributed by atoms with van der Waals surface area (Å²) in [5.41, 5.74) is 0. The van der Waals surface area contributed by atoms with E-state index in [0.29, 0.717) is 0 Å². The Morgan fingerprint density at radius 3 is 2.36 bits per heavy atom. The molecule has 0 aromatic carbocycles. The summed E-state index contributed by atoms with van der Waals surface area (Å²) in [4.78, 5) is 0. The Hall–Kier alpha value is -1.41. The highest BCUT2D eigenvalue weighted by molar-refractivity contribution is 7.89. The van der Waals surface area contributed by atoms with E-state index in [1.165, 1.54) is 14.2 Å². The molecule has 0 amide bonds. The molecule has 7 nitrogen and oxygen atoms in total. The first-order valence-corrected chi connectivity index (χ1v) is 5.02. The van der Waals surface area contributed by atoms with E-state index < -0.39 is 10.0 Å². The van der Waals surface area contributed by atoms with Crippen molar-refractivity contribution in [1.29, 1.82) is 0 Å². The molecule has 1 rings (SSSR count). The van der Waals surface area contributed by atoms with Gasteiger partial charge in [0.05, 0.1) is 14.2 Å². The van der Waals surface area contributed by atoms with Crippen LogP contribution in [0.15, 0.2) is 11.1 Å². The van der Waals surface area contributed by atoms with Crippen molar-refractivity contribution in [2.24, 2.45) is 5.14 Å². The van der Waals surface area contributed by atoms with Crippen LogP contribution in [-0.4, -0.2) is 32.8 Å². The first-order valence-electron chi connectivity index (χ1n) is 3.47. The summed E-state index contributed by atoms with van der Waals surface area (Å²) in [6.45, 7) is 0. The van der Waals surface area contributed by atoms with Crippen LogP contribution in [0.5, 0.6) is 11.6 Å². The lowest BCUT2D eigenvalue weighted by atomic mass is 10.5. The Morgan fingerprint density at radius 2 is 1.93 bits per heavy atom. The summed E-state index contributed by atoms with van der Waals surface area (Å²) in [6, 6.07) is 1.14. The molecule has 0 bridgehead atoms. The van der Waals surface area contributed by atoms with Crippen molar-refractivity contribution in [3.63, 3.8) is 0 Å². The number of ether oxygens (including phenoxy) is 2. The molecule has 0 radical (unpaired) electrons. The number of nitrogens with zero attached hydrogens (tertiary/aromatic N) is 2. The van der Waals surface area contributed by atoms with Crippen molar-refractivity contribution in [2.75, 3.05) is 14.2 Å². The molecule has 78 valence electrons. The molecule has 0 aliphatic carbocycles. The zero-order valence-corrected chi connectivity index (χ0v) is 8.41. The van der Waals surface area contributed by atoms with Gasteiger partial charge in [-0.15, -0.1) is 10.2 Å². The molecular weight excluding hydrogens is 210 g/mol. The maximum atomic E-state index is 10.9. The zero-order valence-electron chi connectivity index (χ0n) is 7.59. The minimum atomic E-state index is -3.87. The molecule has 0 saturated heterocycles. The summed E-state index contributed by atoms with van der Waals surface area (Å²) in [5, 5.41) is 11.3. The van der Waals surface area contributed by atoms with Gasteiger partial charge >= 0.3 is 0 Å². The smallest absolute Gasteiger partial charge is 0.276 e. The van der Waals surface area contributed by atoms with Crippen LogP contribution in [0.4, 0.5) is 0 Å². The van der Waals surface area contributed by atoms with Crippen molar-refractivity contribution < 1.29 is 17.9 Å². The highest BCUT2D eigenvalue weighted by atomic mass is 32.2. The number of hydrogen-bond acceptors (Lipinski definition) is 6. The molecule has 0 aliphatic rings. The van der Waals surface area contributed by atoms with E-state index in [1.807, 2.05) is 0 Å². The first-order chi connectivity index (χ1) is 6.49. The number of nitrogens with two attached hydrogens (primary N) is 1. The van der Waals surface area contributed by atoms with E-state index >= 15 is 0 Å². The predicted molar refractivity (Wildman–Crippen MR) is 46.5 cm³/mol. The van der Waals surface area contributed by atoms with Crippen molar-refractivity contribution in [1.82, 2.24) is 10.2 Å². The van der Waals surface area contributed by atoms with Gasteiger partial charge < -0.3 is 9.47 Å². The van der Waals surface area contributed by atoms with E-state index in [4.69, 9.17) is 14.6 Å². The van der Waals surface area contributed by atoms with E-state index in [2.05, 4.69) is 10.2 Å². The number of hydrogen-bond donors (Lipinski definition) is 1. The number of sulfonamides is 1. The zero-order chi connectivity index (χ0) is 10.8. The molecule has 1 aromatic heterocycles. The molecule has 8 heteroatoms. The fraction of sp³-hybridized carbons (Fsp3) is 0.333. The second kappa shape index (κ2) is 3.76. The minimum absolute atomic E-state index is 0.0971. The lowest BCUT2D eigenvalue weighted by Gasteiger charge is -2.05. The van der Waals surface area contributed by atoms with Gasteiger partial charge in [-0.1, -0.05) is 0 Å². The van der Waals surface area contributed by atoms with Crippen molar-refractivity contribution in [3.8, 4) is 11.6 Å². The van der Waals surface area contributed by atoms with Gasteiger partial charge in [-0.2, -0.15) is 0 Å². The number of methoxy groups -OCH3 is 2. The van der Waals surface area contributed by atoms with Crippen LogP contribution in [0.25, 0.3) is 0 Å². The quantitative estimate of drug-likeness (QED) is 0.709. The van der Waals surface area contributed by atoms with Crippen LogP contribution >= 0.6 is 0 Å². The van der Waals surface area contributed by atoms with E-state index in [9.17, 15) is 8.42 Å². The van der Waals surface area contributed by atoms with Gasteiger partial charge in [0.15, 0.2) is 10.8 Å². The first kappa shape index (κ1) is 10.7. The Kier molecular flexibility index (Phi) is 2.87. The summed E-state index contributed by atoms with van der Waals surface area (Å²) in [6.07, 6.45) is 0. The second-order valence-corrected chi connectivity index (χ2v) is 3.81. The Labute approximate surface area is 80.9 Å². The van der Waals surface area contributed by atoms with Gasteiger partial charge in [0.2, 0.25) is 0 Å². The number of aromatic nitrogens is 2. The van der Waals surface area contributed by atoms with Crippen molar-refractivity contribution in [2.45, 2.75) is 5.03 Å². The molecule has 0 fully saturated rings. The maximum Gasteiger partial charge on any atom is 0.276 e. The lowest BCUT2D eigenvalue weighted by molar-refractivity contribution is 0.335. The fourth-order valence-electron chi connectivity index (χ4n) is 0.773. The summed E-state index contributed by atoms with van der Waals surface area (Å²) < 4.78 is 31.4. The molecule has 14 heavy (non-hydrogen) atoms. The lowest BCUT2D eigenvalue weighted by Crippen LogP contribution is -2.15. The topological polar surface area (TPSA) is 104 Å². The largest absolute Gasteiger partial charge is 0.491 e. The Morgan fingerprint density at radius 1 is 1.29 bits per heavy atom. The second-order valence-electron chi connectivity index (χ2n) is 2.31. The molecule has 0 spiro atoms. The normalized spacial score (nSPS) is 11.1. The third-order valence-corrected chi connectivity index (χ3v) is 2.19. The average Bonchev–Trinajstić information content (AvgIpc) is 2.15. The Balaban J connectivity index is 3.28. The van der Waals surface area contributed by atoms with Crippen molar-refractivity contribution in [3.05, 3.63) is 6.07 Å². The number of primary sulfonamides is 1. The van der Waals surface area contributed by atoms with Gasteiger partial charge in [0.1, 0.15) is 0 Å². The van der Waals surface area contributed by atoms with Crippen LogP contribution < -0.4 is 14.6 Å². The SMILES string of the molecule is COc1cc(S(N)(=O)=O)nnc1OC. The molecule has 2 N–H and O–H groups in total. The molecule has 0 aliphatic heterocycles. The third kappa shape index (κ3) is 2.09. The van der Waals surface area contributed by atoms with Crippen LogP contribution in [0.1, 0.15) is 0 Å². The molecule has 1 heterocycles. The average molecular weight is 219 g/mol.